The molecule has 1 N–H and O–H groups in total. The minimum atomic E-state index is 0.468. The Labute approximate surface area is 179 Å². The summed E-state index contributed by atoms with van der Waals surface area (Å²) in [5.41, 5.74) is 6.01. The number of fused-ring (bicyclic) bond motifs is 4. The zero-order chi connectivity index (χ0) is 20.7. The zero-order valence-corrected chi connectivity index (χ0v) is 17.2. The molecule has 0 saturated heterocycles. The standard InChI is InChI=1S/C25H19ClN4/c1-16-20(12-13-26)24(28-19-11-10-17-6-2-3-7-18(17)14-19)30-23-9-5-4-8-22(23)29-25(30)21(16)15-27/h2-11,14,28H,12-13H2,1H3. The van der Waals surface area contributed by atoms with Crippen molar-refractivity contribution in [2.75, 3.05) is 11.2 Å². The molecule has 5 rings (SSSR count). The van der Waals surface area contributed by atoms with Crippen molar-refractivity contribution in [1.29, 1.82) is 5.26 Å². The highest BCUT2D eigenvalue weighted by Crippen LogP contribution is 2.33. The molecule has 0 unspecified atom stereocenters. The van der Waals surface area contributed by atoms with Gasteiger partial charge in [0.2, 0.25) is 0 Å². The first kappa shape index (κ1) is 18.5. The van der Waals surface area contributed by atoms with E-state index in [-0.39, 0.29) is 0 Å². The number of anilines is 2. The molecule has 0 spiro atoms. The second-order valence-corrected chi connectivity index (χ2v) is 7.70. The molecule has 4 nitrogen and oxygen atoms in total. The summed E-state index contributed by atoms with van der Waals surface area (Å²) in [6.45, 7) is 1.98. The number of nitriles is 1. The maximum atomic E-state index is 9.88. The number of nitrogens with zero attached hydrogens (tertiary/aromatic N) is 3. The van der Waals surface area contributed by atoms with Gasteiger partial charge >= 0.3 is 0 Å². The lowest BCUT2D eigenvalue weighted by Gasteiger charge is -2.18. The number of benzene rings is 3. The Morgan fingerprint density at radius 1 is 1.03 bits per heavy atom. The number of hydrogen-bond acceptors (Lipinski definition) is 3. The predicted molar refractivity (Wildman–Crippen MR) is 124 cm³/mol. The summed E-state index contributed by atoms with van der Waals surface area (Å²) in [6.07, 6.45) is 0.653. The SMILES string of the molecule is Cc1c(CCCl)c(Nc2ccc3ccccc3c2)n2c(nc3ccccc32)c1C#N. The van der Waals surface area contributed by atoms with E-state index in [1.165, 1.54) is 10.8 Å². The summed E-state index contributed by atoms with van der Waals surface area (Å²) in [4.78, 5) is 4.77. The molecule has 146 valence electrons. The van der Waals surface area contributed by atoms with Crippen LogP contribution in [0, 0.1) is 18.3 Å². The van der Waals surface area contributed by atoms with Gasteiger partial charge < -0.3 is 5.32 Å². The Balaban J connectivity index is 1.82. The minimum absolute atomic E-state index is 0.468. The van der Waals surface area contributed by atoms with Gasteiger partial charge in [0.25, 0.3) is 0 Å². The fourth-order valence-corrected chi connectivity index (χ4v) is 4.31. The number of nitrogens with one attached hydrogen (secondary N) is 1. The number of aromatic nitrogens is 2. The van der Waals surface area contributed by atoms with Crippen LogP contribution in [0.1, 0.15) is 16.7 Å². The van der Waals surface area contributed by atoms with Gasteiger partial charge in [-0.2, -0.15) is 5.26 Å². The number of imidazole rings is 1. The topological polar surface area (TPSA) is 53.1 Å². The van der Waals surface area contributed by atoms with Crippen LogP contribution in [0.15, 0.2) is 66.7 Å². The number of halogens is 1. The molecule has 0 aliphatic carbocycles. The van der Waals surface area contributed by atoms with Gasteiger partial charge in [0.05, 0.1) is 16.6 Å². The van der Waals surface area contributed by atoms with Crippen molar-refractivity contribution in [2.45, 2.75) is 13.3 Å². The first-order chi connectivity index (χ1) is 14.7. The van der Waals surface area contributed by atoms with Crippen LogP contribution in [0.5, 0.6) is 0 Å². The summed E-state index contributed by atoms with van der Waals surface area (Å²) < 4.78 is 2.05. The van der Waals surface area contributed by atoms with Gasteiger partial charge in [0.15, 0.2) is 5.65 Å². The van der Waals surface area contributed by atoms with Crippen molar-refractivity contribution in [1.82, 2.24) is 9.38 Å². The van der Waals surface area contributed by atoms with E-state index < -0.39 is 0 Å². The van der Waals surface area contributed by atoms with E-state index in [0.717, 1.165) is 33.7 Å². The number of para-hydroxylation sites is 2. The van der Waals surface area contributed by atoms with Gasteiger partial charge in [-0.05, 0) is 59.5 Å². The summed E-state index contributed by atoms with van der Waals surface area (Å²) >= 11 is 6.16. The first-order valence-corrected chi connectivity index (χ1v) is 10.4. The maximum absolute atomic E-state index is 9.88. The van der Waals surface area contributed by atoms with Crippen LogP contribution in [-0.2, 0) is 6.42 Å². The van der Waals surface area contributed by atoms with Crippen LogP contribution in [0.3, 0.4) is 0 Å². The van der Waals surface area contributed by atoms with Crippen molar-refractivity contribution in [3.05, 3.63) is 83.4 Å². The lowest BCUT2D eigenvalue weighted by molar-refractivity contribution is 1.06. The Morgan fingerprint density at radius 2 is 1.80 bits per heavy atom. The zero-order valence-electron chi connectivity index (χ0n) is 16.5. The van der Waals surface area contributed by atoms with E-state index in [1.54, 1.807) is 0 Å². The molecule has 3 aromatic carbocycles. The molecule has 5 heteroatoms. The lowest BCUT2D eigenvalue weighted by Crippen LogP contribution is -2.09. The highest BCUT2D eigenvalue weighted by Gasteiger charge is 2.20. The van der Waals surface area contributed by atoms with Crippen LogP contribution in [0.4, 0.5) is 11.5 Å². The molecule has 2 heterocycles. The molecule has 0 amide bonds. The molecular formula is C25H19ClN4. The Bertz CT molecular complexity index is 1460. The van der Waals surface area contributed by atoms with Crippen LogP contribution >= 0.6 is 11.6 Å². The summed E-state index contributed by atoms with van der Waals surface area (Å²) in [5.74, 6) is 1.38. The Kier molecular flexibility index (Phi) is 4.54. The number of hydrogen-bond donors (Lipinski definition) is 1. The first-order valence-electron chi connectivity index (χ1n) is 9.86. The minimum Gasteiger partial charge on any atom is -0.341 e. The molecule has 30 heavy (non-hydrogen) atoms. The average molecular weight is 411 g/mol. The monoisotopic (exact) mass is 410 g/mol. The van der Waals surface area contributed by atoms with Gasteiger partial charge in [-0.15, -0.1) is 11.6 Å². The van der Waals surface area contributed by atoms with Crippen molar-refractivity contribution >= 4 is 50.6 Å². The molecule has 2 aromatic heterocycles. The van der Waals surface area contributed by atoms with Crippen molar-refractivity contribution in [2.24, 2.45) is 0 Å². The van der Waals surface area contributed by atoms with E-state index in [0.29, 0.717) is 23.5 Å². The molecule has 0 bridgehead atoms. The number of pyridine rings is 1. The predicted octanol–water partition coefficient (Wildman–Crippen LogP) is 6.35. The molecule has 0 atom stereocenters. The molecule has 0 aliphatic heterocycles. The summed E-state index contributed by atoms with van der Waals surface area (Å²) in [6, 6.07) is 24.9. The molecular weight excluding hydrogens is 392 g/mol. The van der Waals surface area contributed by atoms with E-state index in [1.807, 2.05) is 43.3 Å². The Morgan fingerprint density at radius 3 is 2.60 bits per heavy atom. The molecule has 0 fully saturated rings. The van der Waals surface area contributed by atoms with Crippen molar-refractivity contribution in [3.63, 3.8) is 0 Å². The van der Waals surface area contributed by atoms with Gasteiger partial charge in [-0.25, -0.2) is 4.98 Å². The van der Waals surface area contributed by atoms with Crippen LogP contribution < -0.4 is 5.32 Å². The summed E-state index contributed by atoms with van der Waals surface area (Å²) in [7, 11) is 0. The van der Waals surface area contributed by atoms with Gasteiger partial charge in [-0.1, -0.05) is 42.5 Å². The number of rotatable bonds is 4. The Hall–Kier alpha value is -3.55. The maximum Gasteiger partial charge on any atom is 0.157 e. The molecule has 0 saturated carbocycles. The average Bonchev–Trinajstić information content (AvgIpc) is 3.15. The smallest absolute Gasteiger partial charge is 0.157 e. The van der Waals surface area contributed by atoms with Crippen molar-refractivity contribution in [3.8, 4) is 6.07 Å². The highest BCUT2D eigenvalue weighted by molar-refractivity contribution is 6.18. The lowest BCUT2D eigenvalue weighted by atomic mass is 10.0. The van der Waals surface area contributed by atoms with Crippen LogP contribution in [-0.4, -0.2) is 15.3 Å². The molecule has 5 aromatic rings. The fourth-order valence-electron chi connectivity index (χ4n) is 4.12. The third kappa shape index (κ3) is 2.87. The second kappa shape index (κ2) is 7.37. The second-order valence-electron chi connectivity index (χ2n) is 7.32. The fraction of sp³-hybridized carbons (Fsp3) is 0.120. The van der Waals surface area contributed by atoms with E-state index in [9.17, 15) is 5.26 Å². The van der Waals surface area contributed by atoms with E-state index in [2.05, 4.69) is 46.1 Å². The van der Waals surface area contributed by atoms with Crippen LogP contribution in [0.25, 0.3) is 27.5 Å². The van der Waals surface area contributed by atoms with Gasteiger partial charge in [0.1, 0.15) is 11.9 Å². The highest BCUT2D eigenvalue weighted by atomic mass is 35.5. The largest absolute Gasteiger partial charge is 0.341 e. The quantitative estimate of drug-likeness (QED) is 0.351. The number of alkyl halides is 1. The van der Waals surface area contributed by atoms with Crippen LogP contribution in [0.2, 0.25) is 0 Å². The van der Waals surface area contributed by atoms with Gasteiger partial charge in [-0.3, -0.25) is 4.40 Å². The van der Waals surface area contributed by atoms with E-state index in [4.69, 9.17) is 16.6 Å². The molecule has 0 radical (unpaired) electrons. The molecule has 0 aliphatic rings. The normalized spacial score (nSPS) is 11.2. The van der Waals surface area contributed by atoms with E-state index >= 15 is 0 Å². The third-order valence-electron chi connectivity index (χ3n) is 5.59. The third-order valence-corrected chi connectivity index (χ3v) is 5.78. The van der Waals surface area contributed by atoms with Gasteiger partial charge in [0, 0.05) is 11.6 Å². The summed E-state index contributed by atoms with van der Waals surface area (Å²) in [5, 5.41) is 15.9. The van der Waals surface area contributed by atoms with Crippen molar-refractivity contribution < 1.29 is 0 Å².